The normalized spacial score (nSPS) is 12.7. The quantitative estimate of drug-likeness (QED) is 0.615. The first kappa shape index (κ1) is 8.96. The lowest BCUT2D eigenvalue weighted by molar-refractivity contribution is 0.340. The van der Waals surface area contributed by atoms with Gasteiger partial charge >= 0.3 is 0 Å². The Labute approximate surface area is 58.8 Å². The molecule has 0 aliphatic carbocycles. The van der Waals surface area contributed by atoms with Gasteiger partial charge in [-0.25, -0.2) is 0 Å². The summed E-state index contributed by atoms with van der Waals surface area (Å²) in [5, 5.41) is 3.27. The van der Waals surface area contributed by atoms with E-state index in [1.165, 1.54) is 6.42 Å². The molecule has 0 saturated heterocycles. The van der Waals surface area contributed by atoms with Crippen molar-refractivity contribution in [3.63, 3.8) is 0 Å². The predicted octanol–water partition coefficient (Wildman–Crippen LogP) is 2.03. The number of hydrogen-bond acceptors (Lipinski definition) is 1. The molecule has 0 bridgehead atoms. The van der Waals surface area contributed by atoms with Crippen LogP contribution in [0.1, 0.15) is 34.1 Å². The zero-order valence-corrected chi connectivity index (χ0v) is 7.28. The van der Waals surface area contributed by atoms with Crippen molar-refractivity contribution in [2.75, 3.05) is 7.05 Å². The van der Waals surface area contributed by atoms with E-state index in [9.17, 15) is 0 Å². The maximum absolute atomic E-state index is 3.27. The lowest BCUT2D eigenvalue weighted by atomic mass is 9.93. The summed E-state index contributed by atoms with van der Waals surface area (Å²) >= 11 is 0. The second-order valence-electron chi connectivity index (χ2n) is 3.73. The van der Waals surface area contributed by atoms with Crippen molar-refractivity contribution < 1.29 is 0 Å². The Kier molecular flexibility index (Phi) is 3.20. The summed E-state index contributed by atoms with van der Waals surface area (Å²) < 4.78 is 0. The molecule has 0 unspecified atom stereocenters. The molecule has 1 heteroatoms. The number of nitrogens with one attached hydrogen (secondary N) is 1. The summed E-state index contributed by atoms with van der Waals surface area (Å²) in [6.45, 7) is 8.96. The van der Waals surface area contributed by atoms with Gasteiger partial charge in [-0.15, -0.1) is 0 Å². The Hall–Kier alpha value is -0.0400. The van der Waals surface area contributed by atoms with Gasteiger partial charge in [-0.2, -0.15) is 0 Å². The summed E-state index contributed by atoms with van der Waals surface area (Å²) in [4.78, 5) is 0. The molecule has 0 spiro atoms. The molecular formula is C8H19N. The molecule has 56 valence electrons. The molecule has 0 aromatic heterocycles. The minimum Gasteiger partial charge on any atom is -0.315 e. The SMILES string of the molecule is CNC(C)(C)CC(C)C. The molecule has 0 amide bonds. The molecule has 1 N–H and O–H groups in total. The highest BCUT2D eigenvalue weighted by atomic mass is 14.9. The fraction of sp³-hybridized carbons (Fsp3) is 1.00. The van der Waals surface area contributed by atoms with E-state index in [4.69, 9.17) is 0 Å². The molecule has 0 fully saturated rings. The highest BCUT2D eigenvalue weighted by Gasteiger charge is 2.15. The van der Waals surface area contributed by atoms with E-state index in [2.05, 4.69) is 33.0 Å². The lowest BCUT2D eigenvalue weighted by Gasteiger charge is -2.25. The fourth-order valence-corrected chi connectivity index (χ4v) is 1.12. The van der Waals surface area contributed by atoms with E-state index in [0.717, 1.165) is 5.92 Å². The Bertz CT molecular complexity index is 74.6. The van der Waals surface area contributed by atoms with Crippen LogP contribution >= 0.6 is 0 Å². The lowest BCUT2D eigenvalue weighted by Crippen LogP contribution is -2.37. The van der Waals surface area contributed by atoms with Crippen LogP contribution < -0.4 is 5.32 Å². The highest BCUT2D eigenvalue weighted by Crippen LogP contribution is 2.13. The smallest absolute Gasteiger partial charge is 0.0124 e. The van der Waals surface area contributed by atoms with Crippen LogP contribution in [0.2, 0.25) is 0 Å². The van der Waals surface area contributed by atoms with Crippen molar-refractivity contribution in [1.29, 1.82) is 0 Å². The molecule has 0 heterocycles. The second-order valence-corrected chi connectivity index (χ2v) is 3.73. The fourth-order valence-electron chi connectivity index (χ4n) is 1.12. The van der Waals surface area contributed by atoms with Gasteiger partial charge in [-0.1, -0.05) is 13.8 Å². The zero-order chi connectivity index (χ0) is 7.49. The van der Waals surface area contributed by atoms with Crippen molar-refractivity contribution in [1.82, 2.24) is 5.32 Å². The molecule has 0 aliphatic heterocycles. The summed E-state index contributed by atoms with van der Waals surface area (Å²) in [6, 6.07) is 0. The first-order valence-corrected chi connectivity index (χ1v) is 3.67. The second kappa shape index (κ2) is 3.21. The monoisotopic (exact) mass is 129 g/mol. The Morgan fingerprint density at radius 2 is 1.78 bits per heavy atom. The summed E-state index contributed by atoms with van der Waals surface area (Å²) in [5.74, 6) is 0.785. The maximum atomic E-state index is 3.27. The minimum absolute atomic E-state index is 0.314. The van der Waals surface area contributed by atoms with Gasteiger partial charge in [0.15, 0.2) is 0 Å². The van der Waals surface area contributed by atoms with Gasteiger partial charge in [-0.05, 0) is 33.2 Å². The van der Waals surface area contributed by atoms with Gasteiger partial charge in [0.25, 0.3) is 0 Å². The van der Waals surface area contributed by atoms with Crippen LogP contribution in [0.5, 0.6) is 0 Å². The molecule has 0 atom stereocenters. The summed E-state index contributed by atoms with van der Waals surface area (Å²) in [7, 11) is 2.02. The average molecular weight is 129 g/mol. The van der Waals surface area contributed by atoms with Gasteiger partial charge in [0.05, 0.1) is 0 Å². The van der Waals surface area contributed by atoms with E-state index in [0.29, 0.717) is 5.54 Å². The van der Waals surface area contributed by atoms with Crippen LogP contribution in [0.4, 0.5) is 0 Å². The van der Waals surface area contributed by atoms with Crippen LogP contribution in [0.25, 0.3) is 0 Å². The third kappa shape index (κ3) is 4.46. The largest absolute Gasteiger partial charge is 0.315 e. The van der Waals surface area contributed by atoms with Crippen LogP contribution in [0.3, 0.4) is 0 Å². The van der Waals surface area contributed by atoms with Crippen molar-refractivity contribution in [2.24, 2.45) is 5.92 Å². The Balaban J connectivity index is 3.58. The molecule has 0 aromatic rings. The number of hydrogen-bond donors (Lipinski definition) is 1. The molecule has 0 aliphatic rings. The molecule has 0 aromatic carbocycles. The first-order chi connectivity index (χ1) is 3.98. The molecule has 1 nitrogen and oxygen atoms in total. The predicted molar refractivity (Wildman–Crippen MR) is 42.6 cm³/mol. The molecule has 0 rings (SSSR count). The van der Waals surface area contributed by atoms with Crippen molar-refractivity contribution >= 4 is 0 Å². The van der Waals surface area contributed by atoms with Gasteiger partial charge < -0.3 is 5.32 Å². The first-order valence-electron chi connectivity index (χ1n) is 3.67. The third-order valence-electron chi connectivity index (χ3n) is 1.60. The maximum Gasteiger partial charge on any atom is 0.0124 e. The van der Waals surface area contributed by atoms with Gasteiger partial charge in [-0.3, -0.25) is 0 Å². The van der Waals surface area contributed by atoms with Crippen LogP contribution in [0.15, 0.2) is 0 Å². The number of rotatable bonds is 3. The Morgan fingerprint density at radius 1 is 1.33 bits per heavy atom. The van der Waals surface area contributed by atoms with Gasteiger partial charge in [0, 0.05) is 5.54 Å². The van der Waals surface area contributed by atoms with Crippen molar-refractivity contribution in [2.45, 2.75) is 39.7 Å². The Morgan fingerprint density at radius 3 is 1.89 bits per heavy atom. The zero-order valence-electron chi connectivity index (χ0n) is 7.28. The molecular weight excluding hydrogens is 110 g/mol. The molecule has 9 heavy (non-hydrogen) atoms. The highest BCUT2D eigenvalue weighted by molar-refractivity contribution is 4.75. The third-order valence-corrected chi connectivity index (χ3v) is 1.60. The summed E-state index contributed by atoms with van der Waals surface area (Å²) in [5.41, 5.74) is 0.314. The van der Waals surface area contributed by atoms with E-state index in [1.54, 1.807) is 0 Å². The molecule has 0 radical (unpaired) electrons. The average Bonchev–Trinajstić information content (AvgIpc) is 1.63. The van der Waals surface area contributed by atoms with Gasteiger partial charge in [0.2, 0.25) is 0 Å². The summed E-state index contributed by atoms with van der Waals surface area (Å²) in [6.07, 6.45) is 1.24. The van der Waals surface area contributed by atoms with Crippen molar-refractivity contribution in [3.05, 3.63) is 0 Å². The topological polar surface area (TPSA) is 12.0 Å². The van der Waals surface area contributed by atoms with Crippen LogP contribution in [0, 0.1) is 5.92 Å². The van der Waals surface area contributed by atoms with E-state index >= 15 is 0 Å². The molecule has 0 saturated carbocycles. The minimum atomic E-state index is 0.314. The van der Waals surface area contributed by atoms with E-state index < -0.39 is 0 Å². The standard InChI is InChI=1S/C8H19N/c1-7(2)6-8(3,4)9-5/h7,9H,6H2,1-5H3. The van der Waals surface area contributed by atoms with E-state index in [1.807, 2.05) is 7.05 Å². The van der Waals surface area contributed by atoms with Gasteiger partial charge in [0.1, 0.15) is 0 Å². The van der Waals surface area contributed by atoms with Crippen LogP contribution in [-0.2, 0) is 0 Å². The van der Waals surface area contributed by atoms with Crippen LogP contribution in [-0.4, -0.2) is 12.6 Å². The van der Waals surface area contributed by atoms with Crippen molar-refractivity contribution in [3.8, 4) is 0 Å². The van der Waals surface area contributed by atoms with E-state index in [-0.39, 0.29) is 0 Å².